The van der Waals surface area contributed by atoms with Gasteiger partial charge in [0, 0.05) is 19.7 Å². The first-order valence-electron chi connectivity index (χ1n) is 5.99. The third-order valence-corrected chi connectivity index (χ3v) is 3.59. The number of pyridine rings is 1. The summed E-state index contributed by atoms with van der Waals surface area (Å²) in [5.41, 5.74) is 1.71. The first kappa shape index (κ1) is 14.4. The molecule has 0 amide bonds. The molecule has 0 unspecified atom stereocenters. The van der Waals surface area contributed by atoms with Crippen LogP contribution in [0.2, 0.25) is 5.02 Å². The molecule has 3 rings (SSSR count). The molecular formula is C12H16Cl2N4O. The molecule has 1 aliphatic heterocycles. The number of aryl methyl sites for hydroxylation is 1. The lowest BCUT2D eigenvalue weighted by Crippen LogP contribution is -2.44. The van der Waals surface area contributed by atoms with Gasteiger partial charge >= 0.3 is 0 Å². The summed E-state index contributed by atoms with van der Waals surface area (Å²) in [7, 11) is 1.87. The average Bonchev–Trinajstić information content (AvgIpc) is 2.72. The van der Waals surface area contributed by atoms with Crippen LogP contribution in [0.3, 0.4) is 0 Å². The molecule has 19 heavy (non-hydrogen) atoms. The number of ether oxygens (including phenoxy) is 1. The molecule has 0 aromatic carbocycles. The van der Waals surface area contributed by atoms with E-state index in [1.165, 1.54) is 0 Å². The fourth-order valence-electron chi connectivity index (χ4n) is 2.34. The summed E-state index contributed by atoms with van der Waals surface area (Å²) in [5, 5.41) is 4.88. The van der Waals surface area contributed by atoms with E-state index in [1.54, 1.807) is 10.9 Å². The van der Waals surface area contributed by atoms with Gasteiger partial charge in [-0.15, -0.1) is 12.4 Å². The third-order valence-electron chi connectivity index (χ3n) is 3.30. The minimum atomic E-state index is 0. The minimum Gasteiger partial charge on any atom is -0.377 e. The van der Waals surface area contributed by atoms with Crippen LogP contribution < -0.4 is 4.90 Å². The Balaban J connectivity index is 0.00000133. The number of hydrogen-bond donors (Lipinski definition) is 0. The number of aromatic nitrogens is 3. The predicted octanol–water partition coefficient (Wildman–Crippen LogP) is 2.27. The molecule has 2 aromatic heterocycles. The molecule has 3 heterocycles. The lowest BCUT2D eigenvalue weighted by atomic mass is 10.2. The Kier molecular flexibility index (Phi) is 4.18. The molecule has 0 radical (unpaired) electrons. The summed E-state index contributed by atoms with van der Waals surface area (Å²) in [6.07, 6.45) is 1.75. The molecule has 1 aliphatic rings. The number of rotatable bonds is 1. The van der Waals surface area contributed by atoms with Crippen LogP contribution in [0.4, 0.5) is 5.82 Å². The Bertz CT molecular complexity index is 586. The normalized spacial score (nSPS) is 19.5. The van der Waals surface area contributed by atoms with Crippen molar-refractivity contribution in [2.45, 2.75) is 13.0 Å². The summed E-state index contributed by atoms with van der Waals surface area (Å²) in [6, 6.07) is 2.23. The van der Waals surface area contributed by atoms with Crippen LogP contribution in [0.5, 0.6) is 0 Å². The topological polar surface area (TPSA) is 43.2 Å². The average molecular weight is 303 g/mol. The van der Waals surface area contributed by atoms with E-state index in [4.69, 9.17) is 16.3 Å². The maximum absolute atomic E-state index is 6.32. The van der Waals surface area contributed by atoms with Gasteiger partial charge in [0.05, 0.1) is 30.5 Å². The zero-order valence-electron chi connectivity index (χ0n) is 10.8. The third kappa shape index (κ3) is 2.50. The molecule has 104 valence electrons. The fraction of sp³-hybridized carbons (Fsp3) is 0.500. The molecule has 0 spiro atoms. The van der Waals surface area contributed by atoms with Crippen molar-refractivity contribution in [2.75, 3.05) is 24.7 Å². The van der Waals surface area contributed by atoms with Crippen molar-refractivity contribution in [1.82, 2.24) is 14.8 Å². The van der Waals surface area contributed by atoms with Gasteiger partial charge in [-0.3, -0.25) is 4.68 Å². The number of fused-ring (bicyclic) bond motifs is 1. The van der Waals surface area contributed by atoms with E-state index in [1.807, 2.05) is 13.1 Å². The Morgan fingerprint density at radius 2 is 2.26 bits per heavy atom. The lowest BCUT2D eigenvalue weighted by molar-refractivity contribution is 0.0986. The Morgan fingerprint density at radius 1 is 1.47 bits per heavy atom. The van der Waals surface area contributed by atoms with Crippen molar-refractivity contribution < 1.29 is 4.74 Å². The van der Waals surface area contributed by atoms with Gasteiger partial charge in [-0.2, -0.15) is 5.10 Å². The summed E-state index contributed by atoms with van der Waals surface area (Å²) < 4.78 is 7.18. The highest BCUT2D eigenvalue weighted by molar-refractivity contribution is 6.35. The van der Waals surface area contributed by atoms with Gasteiger partial charge in [0.25, 0.3) is 0 Å². The number of hydrogen-bond acceptors (Lipinski definition) is 4. The molecule has 1 atom stereocenters. The smallest absolute Gasteiger partial charge is 0.131 e. The molecule has 0 N–H and O–H groups in total. The quantitative estimate of drug-likeness (QED) is 0.810. The van der Waals surface area contributed by atoms with Crippen LogP contribution in [0.25, 0.3) is 11.0 Å². The van der Waals surface area contributed by atoms with Crippen molar-refractivity contribution >= 4 is 40.9 Å². The molecular weight excluding hydrogens is 287 g/mol. The predicted molar refractivity (Wildman–Crippen MR) is 78.4 cm³/mol. The second-order valence-corrected chi connectivity index (χ2v) is 4.99. The van der Waals surface area contributed by atoms with Gasteiger partial charge in [0.2, 0.25) is 0 Å². The molecule has 7 heteroatoms. The molecule has 1 saturated heterocycles. The zero-order valence-corrected chi connectivity index (χ0v) is 12.4. The van der Waals surface area contributed by atoms with Gasteiger partial charge in [0.15, 0.2) is 0 Å². The number of halogens is 2. The van der Waals surface area contributed by atoms with Crippen molar-refractivity contribution in [1.29, 1.82) is 0 Å². The van der Waals surface area contributed by atoms with E-state index in [-0.39, 0.29) is 12.4 Å². The lowest BCUT2D eigenvalue weighted by Gasteiger charge is -2.34. The van der Waals surface area contributed by atoms with Gasteiger partial charge in [-0.05, 0) is 6.92 Å². The minimum absolute atomic E-state index is 0. The van der Waals surface area contributed by atoms with Crippen molar-refractivity contribution in [3.8, 4) is 0 Å². The standard InChI is InChI=1S/C12H15ClN4O.ClH/c1-8-7-18-4-3-17(8)11-5-9(13)12-10(15-11)6-14-16(12)2;/h5-6,8H,3-4,7H2,1-2H3;1H/t8-;/m0./s1. The summed E-state index contributed by atoms with van der Waals surface area (Å²) in [6.45, 7) is 4.43. The largest absolute Gasteiger partial charge is 0.377 e. The Hall–Kier alpha value is -1.04. The molecule has 2 aromatic rings. The van der Waals surface area contributed by atoms with Crippen molar-refractivity contribution in [3.63, 3.8) is 0 Å². The van der Waals surface area contributed by atoms with Crippen LogP contribution in [-0.4, -0.2) is 40.6 Å². The van der Waals surface area contributed by atoms with E-state index in [9.17, 15) is 0 Å². The van der Waals surface area contributed by atoms with Gasteiger partial charge < -0.3 is 9.64 Å². The Labute approximate surface area is 122 Å². The first-order valence-corrected chi connectivity index (χ1v) is 6.37. The molecule has 5 nitrogen and oxygen atoms in total. The SMILES string of the molecule is C[C@H]1COCCN1c1cc(Cl)c2c(cnn2C)n1.Cl. The van der Waals surface area contributed by atoms with Gasteiger partial charge in [0.1, 0.15) is 16.9 Å². The van der Waals surface area contributed by atoms with E-state index in [2.05, 4.69) is 21.9 Å². The van der Waals surface area contributed by atoms with Crippen LogP contribution in [0, 0.1) is 0 Å². The summed E-state index contributed by atoms with van der Waals surface area (Å²) in [5.74, 6) is 0.899. The first-order chi connectivity index (χ1) is 8.66. The number of anilines is 1. The molecule has 0 bridgehead atoms. The highest BCUT2D eigenvalue weighted by atomic mass is 35.5. The molecule has 1 fully saturated rings. The van der Waals surface area contributed by atoms with Crippen LogP contribution in [0.15, 0.2) is 12.3 Å². The highest BCUT2D eigenvalue weighted by Crippen LogP contribution is 2.27. The highest BCUT2D eigenvalue weighted by Gasteiger charge is 2.21. The maximum atomic E-state index is 6.32. The second-order valence-electron chi connectivity index (χ2n) is 4.58. The van der Waals surface area contributed by atoms with E-state index in [0.717, 1.165) is 36.6 Å². The maximum Gasteiger partial charge on any atom is 0.131 e. The fourth-order valence-corrected chi connectivity index (χ4v) is 2.65. The number of morpholine rings is 1. The molecule has 0 aliphatic carbocycles. The van der Waals surface area contributed by atoms with Crippen LogP contribution in [0.1, 0.15) is 6.92 Å². The van der Waals surface area contributed by atoms with E-state index >= 15 is 0 Å². The Morgan fingerprint density at radius 3 is 3.00 bits per heavy atom. The van der Waals surface area contributed by atoms with Gasteiger partial charge in [-0.25, -0.2) is 4.98 Å². The van der Waals surface area contributed by atoms with Crippen molar-refractivity contribution in [3.05, 3.63) is 17.3 Å². The van der Waals surface area contributed by atoms with Crippen LogP contribution >= 0.6 is 24.0 Å². The number of nitrogens with zero attached hydrogens (tertiary/aromatic N) is 4. The summed E-state index contributed by atoms with van der Waals surface area (Å²) in [4.78, 5) is 6.86. The summed E-state index contributed by atoms with van der Waals surface area (Å²) >= 11 is 6.32. The van der Waals surface area contributed by atoms with Gasteiger partial charge in [-0.1, -0.05) is 11.6 Å². The van der Waals surface area contributed by atoms with E-state index in [0.29, 0.717) is 11.1 Å². The molecule has 0 saturated carbocycles. The van der Waals surface area contributed by atoms with Crippen molar-refractivity contribution in [2.24, 2.45) is 7.05 Å². The van der Waals surface area contributed by atoms with Crippen LogP contribution in [-0.2, 0) is 11.8 Å². The monoisotopic (exact) mass is 302 g/mol. The zero-order chi connectivity index (χ0) is 12.7. The second kappa shape index (κ2) is 5.53. The van der Waals surface area contributed by atoms with E-state index < -0.39 is 0 Å².